The summed E-state index contributed by atoms with van der Waals surface area (Å²) in [4.78, 5) is 0. The minimum absolute atomic E-state index is 0.128. The Kier molecular flexibility index (Phi) is 3.09. The molecule has 0 aromatic heterocycles. The fourth-order valence-corrected chi connectivity index (χ4v) is 1.77. The molecular formula is C10H11ClFNO2. The number of phenolic OH excluding ortho intramolecular Hbond substituents is 1. The second-order valence-electron chi connectivity index (χ2n) is 3.38. The van der Waals surface area contributed by atoms with Crippen molar-refractivity contribution < 1.29 is 14.2 Å². The number of benzene rings is 1. The van der Waals surface area contributed by atoms with E-state index >= 15 is 0 Å². The number of hydrogen-bond donors (Lipinski definition) is 2. The first-order chi connectivity index (χ1) is 7.20. The quantitative estimate of drug-likeness (QED) is 0.775. The van der Waals surface area contributed by atoms with Gasteiger partial charge in [-0.25, -0.2) is 4.39 Å². The minimum Gasteiger partial charge on any atom is -0.506 e. The number of halogens is 2. The molecule has 0 radical (unpaired) electrons. The van der Waals surface area contributed by atoms with Crippen molar-refractivity contribution >= 4 is 11.6 Å². The van der Waals surface area contributed by atoms with E-state index in [9.17, 15) is 9.50 Å². The molecule has 0 aliphatic carbocycles. The van der Waals surface area contributed by atoms with Crippen molar-refractivity contribution in [2.24, 2.45) is 0 Å². The molecule has 0 amide bonds. The first kappa shape index (κ1) is 10.7. The number of rotatable bonds is 1. The summed E-state index contributed by atoms with van der Waals surface area (Å²) in [7, 11) is 0. The van der Waals surface area contributed by atoms with Gasteiger partial charge >= 0.3 is 0 Å². The van der Waals surface area contributed by atoms with Crippen molar-refractivity contribution in [3.05, 3.63) is 28.5 Å². The smallest absolute Gasteiger partial charge is 0.145 e. The van der Waals surface area contributed by atoms with Crippen LogP contribution in [0.4, 0.5) is 4.39 Å². The van der Waals surface area contributed by atoms with E-state index in [1.807, 2.05) is 0 Å². The molecule has 1 aliphatic heterocycles. The number of aromatic hydroxyl groups is 1. The molecule has 2 N–H and O–H groups in total. The number of morpholine rings is 1. The van der Waals surface area contributed by atoms with E-state index in [0.29, 0.717) is 25.3 Å². The highest BCUT2D eigenvalue weighted by molar-refractivity contribution is 6.32. The lowest BCUT2D eigenvalue weighted by molar-refractivity contribution is 0.0760. The van der Waals surface area contributed by atoms with Crippen LogP contribution in [0.15, 0.2) is 12.1 Å². The molecule has 15 heavy (non-hydrogen) atoms. The first-order valence-corrected chi connectivity index (χ1v) is 5.06. The maximum atomic E-state index is 13.0. The van der Waals surface area contributed by atoms with Gasteiger partial charge in [0, 0.05) is 12.1 Å². The van der Waals surface area contributed by atoms with Crippen LogP contribution < -0.4 is 5.32 Å². The van der Waals surface area contributed by atoms with Crippen molar-refractivity contribution in [1.29, 1.82) is 0 Å². The Bertz CT molecular complexity index is 367. The summed E-state index contributed by atoms with van der Waals surface area (Å²) in [6, 6.07) is 2.63. The molecule has 0 spiro atoms. The van der Waals surface area contributed by atoms with Crippen LogP contribution in [0.25, 0.3) is 0 Å². The van der Waals surface area contributed by atoms with Gasteiger partial charge in [-0.1, -0.05) is 17.7 Å². The predicted molar refractivity (Wildman–Crippen MR) is 54.6 cm³/mol. The number of phenols is 1. The van der Waals surface area contributed by atoms with Crippen molar-refractivity contribution in [1.82, 2.24) is 5.32 Å². The summed E-state index contributed by atoms with van der Waals surface area (Å²) in [6.07, 6.45) is 0. The Hall–Kier alpha value is -0.840. The maximum Gasteiger partial charge on any atom is 0.145 e. The molecule has 0 bridgehead atoms. The van der Waals surface area contributed by atoms with Crippen molar-refractivity contribution in [2.45, 2.75) is 6.04 Å². The second kappa shape index (κ2) is 4.35. The molecule has 0 saturated carbocycles. The van der Waals surface area contributed by atoms with E-state index in [2.05, 4.69) is 5.32 Å². The molecule has 1 aliphatic rings. The largest absolute Gasteiger partial charge is 0.506 e. The van der Waals surface area contributed by atoms with Crippen molar-refractivity contribution in [3.8, 4) is 5.75 Å². The Morgan fingerprint density at radius 1 is 1.53 bits per heavy atom. The van der Waals surface area contributed by atoms with E-state index in [-0.39, 0.29) is 16.8 Å². The van der Waals surface area contributed by atoms with Gasteiger partial charge in [0.25, 0.3) is 0 Å². The molecule has 5 heteroatoms. The monoisotopic (exact) mass is 231 g/mol. The third kappa shape index (κ3) is 2.07. The van der Waals surface area contributed by atoms with Gasteiger partial charge in [0.1, 0.15) is 16.6 Å². The summed E-state index contributed by atoms with van der Waals surface area (Å²) < 4.78 is 18.2. The van der Waals surface area contributed by atoms with Crippen LogP contribution in [-0.4, -0.2) is 24.9 Å². The Morgan fingerprint density at radius 3 is 3.00 bits per heavy atom. The highest BCUT2D eigenvalue weighted by Gasteiger charge is 2.21. The molecule has 0 unspecified atom stereocenters. The van der Waals surface area contributed by atoms with Gasteiger partial charge in [-0.2, -0.15) is 0 Å². The molecule has 1 aromatic carbocycles. The standard InChI is InChI=1S/C10H11ClFNO2/c11-9-7(12)2-1-6(10(9)14)8-5-15-4-3-13-8/h1-2,8,13-14H,3-5H2/t8-/m0/s1. The fourth-order valence-electron chi connectivity index (χ4n) is 1.60. The summed E-state index contributed by atoms with van der Waals surface area (Å²) in [5.74, 6) is -0.825. The first-order valence-electron chi connectivity index (χ1n) is 4.68. The molecule has 1 fully saturated rings. The van der Waals surface area contributed by atoms with Crippen molar-refractivity contribution in [3.63, 3.8) is 0 Å². The Labute approximate surface area is 91.8 Å². The predicted octanol–water partition coefficient (Wildman–Crippen LogP) is 1.85. The molecule has 2 rings (SSSR count). The van der Waals surface area contributed by atoms with Crippen LogP contribution in [0.1, 0.15) is 11.6 Å². The van der Waals surface area contributed by atoms with Gasteiger partial charge in [-0.3, -0.25) is 0 Å². The normalized spacial score (nSPS) is 21.6. The molecule has 1 saturated heterocycles. The number of nitrogens with one attached hydrogen (secondary N) is 1. The molecule has 1 aromatic rings. The van der Waals surface area contributed by atoms with Crippen LogP contribution in [0.5, 0.6) is 5.75 Å². The second-order valence-corrected chi connectivity index (χ2v) is 3.76. The third-order valence-electron chi connectivity index (χ3n) is 2.40. The Balaban J connectivity index is 2.31. The van der Waals surface area contributed by atoms with E-state index in [1.165, 1.54) is 12.1 Å². The average Bonchev–Trinajstić information content (AvgIpc) is 2.27. The van der Waals surface area contributed by atoms with Gasteiger partial charge in [-0.15, -0.1) is 0 Å². The lowest BCUT2D eigenvalue weighted by Crippen LogP contribution is -2.34. The van der Waals surface area contributed by atoms with Crippen LogP contribution >= 0.6 is 11.6 Å². The SMILES string of the molecule is Oc1c([C@@H]2COCCN2)ccc(F)c1Cl. The topological polar surface area (TPSA) is 41.5 Å². The number of ether oxygens (including phenoxy) is 1. The van der Waals surface area contributed by atoms with Gasteiger partial charge in [-0.05, 0) is 6.07 Å². The van der Waals surface area contributed by atoms with Gasteiger partial charge in [0.2, 0.25) is 0 Å². The van der Waals surface area contributed by atoms with Crippen molar-refractivity contribution in [2.75, 3.05) is 19.8 Å². The van der Waals surface area contributed by atoms with E-state index in [1.54, 1.807) is 0 Å². The summed E-state index contributed by atoms with van der Waals surface area (Å²) in [5.41, 5.74) is 0.570. The molecule has 3 nitrogen and oxygen atoms in total. The van der Waals surface area contributed by atoms with Crippen LogP contribution in [0, 0.1) is 5.82 Å². The van der Waals surface area contributed by atoms with Gasteiger partial charge in [0.15, 0.2) is 0 Å². The lowest BCUT2D eigenvalue weighted by Gasteiger charge is -2.25. The minimum atomic E-state index is -0.616. The Morgan fingerprint density at radius 2 is 2.33 bits per heavy atom. The van der Waals surface area contributed by atoms with Gasteiger partial charge in [0.05, 0.1) is 19.3 Å². The maximum absolute atomic E-state index is 13.0. The highest BCUT2D eigenvalue weighted by Crippen LogP contribution is 2.34. The average molecular weight is 232 g/mol. The number of hydrogen-bond acceptors (Lipinski definition) is 3. The summed E-state index contributed by atoms with van der Waals surface area (Å²) in [6.45, 7) is 1.81. The van der Waals surface area contributed by atoms with Crippen LogP contribution in [0.2, 0.25) is 5.02 Å². The van der Waals surface area contributed by atoms with Crippen LogP contribution in [0.3, 0.4) is 0 Å². The fraction of sp³-hybridized carbons (Fsp3) is 0.400. The zero-order valence-corrected chi connectivity index (χ0v) is 8.72. The zero-order chi connectivity index (χ0) is 10.8. The third-order valence-corrected chi connectivity index (χ3v) is 2.76. The van der Waals surface area contributed by atoms with E-state index in [0.717, 1.165) is 0 Å². The van der Waals surface area contributed by atoms with Crippen LogP contribution in [-0.2, 0) is 4.74 Å². The lowest BCUT2D eigenvalue weighted by atomic mass is 10.1. The molecule has 1 atom stereocenters. The molecule has 82 valence electrons. The summed E-state index contributed by atoms with van der Waals surface area (Å²) in [5, 5.41) is 12.6. The summed E-state index contributed by atoms with van der Waals surface area (Å²) >= 11 is 5.61. The zero-order valence-electron chi connectivity index (χ0n) is 7.96. The van der Waals surface area contributed by atoms with Gasteiger partial charge < -0.3 is 15.2 Å². The molecular weight excluding hydrogens is 221 g/mol. The highest BCUT2D eigenvalue weighted by atomic mass is 35.5. The molecule has 1 heterocycles. The van der Waals surface area contributed by atoms with E-state index in [4.69, 9.17) is 16.3 Å². The van der Waals surface area contributed by atoms with E-state index < -0.39 is 5.82 Å².